The second-order valence-corrected chi connectivity index (χ2v) is 5.23. The van der Waals surface area contributed by atoms with Crippen LogP contribution in [-0.2, 0) is 4.79 Å². The van der Waals surface area contributed by atoms with Crippen molar-refractivity contribution in [1.82, 2.24) is 15.0 Å². The van der Waals surface area contributed by atoms with Crippen molar-refractivity contribution in [2.75, 3.05) is 5.32 Å². The van der Waals surface area contributed by atoms with E-state index < -0.39 is 0 Å². The van der Waals surface area contributed by atoms with Crippen molar-refractivity contribution < 1.29 is 9.53 Å². The number of hydrogen-bond acceptors (Lipinski definition) is 5. The number of carbonyl (C=O) groups excluding carboxylic acids is 1. The van der Waals surface area contributed by atoms with E-state index >= 15 is 0 Å². The van der Waals surface area contributed by atoms with Gasteiger partial charge in [-0.1, -0.05) is 0 Å². The summed E-state index contributed by atoms with van der Waals surface area (Å²) in [5.74, 6) is 1.54. The van der Waals surface area contributed by atoms with Gasteiger partial charge in [-0.25, -0.2) is 4.98 Å². The second kappa shape index (κ2) is 6.87. The van der Waals surface area contributed by atoms with E-state index in [0.717, 1.165) is 17.0 Å². The van der Waals surface area contributed by atoms with Gasteiger partial charge in [0.2, 0.25) is 5.91 Å². The summed E-state index contributed by atoms with van der Waals surface area (Å²) in [6, 6.07) is 10.9. The first-order valence-corrected chi connectivity index (χ1v) is 7.41. The largest absolute Gasteiger partial charge is 0.456 e. The molecule has 0 unspecified atom stereocenters. The third-order valence-corrected chi connectivity index (χ3v) is 3.21. The van der Waals surface area contributed by atoms with Crippen LogP contribution in [0.5, 0.6) is 11.5 Å². The third-order valence-electron chi connectivity index (χ3n) is 3.21. The van der Waals surface area contributed by atoms with Gasteiger partial charge in [0.1, 0.15) is 17.3 Å². The summed E-state index contributed by atoms with van der Waals surface area (Å²) in [4.78, 5) is 23.7. The monoisotopic (exact) mass is 320 g/mol. The fourth-order valence-corrected chi connectivity index (χ4v) is 2.08. The molecule has 0 fully saturated rings. The summed E-state index contributed by atoms with van der Waals surface area (Å²) < 4.78 is 5.79. The lowest BCUT2D eigenvalue weighted by atomic mass is 10.2. The molecule has 0 aliphatic carbocycles. The molecule has 0 spiro atoms. The zero-order chi connectivity index (χ0) is 16.9. The van der Waals surface area contributed by atoms with Gasteiger partial charge in [-0.05, 0) is 37.3 Å². The predicted octanol–water partition coefficient (Wildman–Crippen LogP) is 3.60. The molecule has 0 saturated carbocycles. The van der Waals surface area contributed by atoms with Crippen LogP contribution < -0.4 is 10.1 Å². The van der Waals surface area contributed by atoms with Crippen molar-refractivity contribution in [2.45, 2.75) is 13.8 Å². The van der Waals surface area contributed by atoms with Crippen molar-refractivity contribution in [1.29, 1.82) is 0 Å². The maximum atomic E-state index is 11.0. The topological polar surface area (TPSA) is 77.0 Å². The molecule has 120 valence electrons. The highest BCUT2D eigenvalue weighted by molar-refractivity contribution is 5.87. The maximum absolute atomic E-state index is 11.0. The van der Waals surface area contributed by atoms with Crippen molar-refractivity contribution in [3.8, 4) is 22.8 Å². The Balaban J connectivity index is 1.77. The van der Waals surface area contributed by atoms with Gasteiger partial charge in [0.05, 0.1) is 11.9 Å². The van der Waals surface area contributed by atoms with Gasteiger partial charge in [0, 0.05) is 36.6 Å². The van der Waals surface area contributed by atoms with Crippen LogP contribution in [0.4, 0.5) is 5.82 Å². The van der Waals surface area contributed by atoms with Crippen molar-refractivity contribution in [3.05, 3.63) is 60.7 Å². The highest BCUT2D eigenvalue weighted by atomic mass is 16.5. The minimum absolute atomic E-state index is 0.165. The molecule has 0 bridgehead atoms. The Labute approximate surface area is 139 Å². The molecule has 6 nitrogen and oxygen atoms in total. The number of rotatable bonds is 4. The number of ether oxygens (including phenoxy) is 1. The number of aromatic nitrogens is 3. The number of anilines is 1. The minimum atomic E-state index is -0.165. The van der Waals surface area contributed by atoms with E-state index in [0.29, 0.717) is 17.3 Å². The molecule has 0 saturated heterocycles. The molecule has 3 aromatic rings. The van der Waals surface area contributed by atoms with Crippen LogP contribution in [-0.4, -0.2) is 20.9 Å². The van der Waals surface area contributed by atoms with E-state index in [1.165, 1.54) is 6.92 Å². The summed E-state index contributed by atoms with van der Waals surface area (Å²) in [5.41, 5.74) is 2.66. The minimum Gasteiger partial charge on any atom is -0.456 e. The van der Waals surface area contributed by atoms with Gasteiger partial charge in [-0.15, -0.1) is 0 Å². The zero-order valence-electron chi connectivity index (χ0n) is 13.4. The number of aryl methyl sites for hydroxylation is 1. The quantitative estimate of drug-likeness (QED) is 0.795. The number of nitrogens with zero attached hydrogens (tertiary/aromatic N) is 3. The Morgan fingerprint density at radius 2 is 1.88 bits per heavy atom. The SMILES string of the molecule is CC(=O)Nc1ccc(Oc2ccnc(-c3ccc(C)nc3)c2)cn1. The Kier molecular flexibility index (Phi) is 4.47. The first-order chi connectivity index (χ1) is 11.6. The molecule has 3 heterocycles. The standard InChI is InChI=1S/C18H16N4O2/c1-12-3-4-14(10-20-12)17-9-15(7-8-19-17)24-16-5-6-18(21-11-16)22-13(2)23/h3-11H,1-2H3,(H,21,22,23). The zero-order valence-corrected chi connectivity index (χ0v) is 13.4. The van der Waals surface area contributed by atoms with Gasteiger partial charge < -0.3 is 10.1 Å². The van der Waals surface area contributed by atoms with Crippen LogP contribution in [0.25, 0.3) is 11.3 Å². The van der Waals surface area contributed by atoms with E-state index in [1.807, 2.05) is 25.1 Å². The highest BCUT2D eigenvalue weighted by Crippen LogP contribution is 2.25. The molecule has 0 aromatic carbocycles. The van der Waals surface area contributed by atoms with Crippen molar-refractivity contribution in [3.63, 3.8) is 0 Å². The Morgan fingerprint density at radius 3 is 2.54 bits per heavy atom. The van der Waals surface area contributed by atoms with Gasteiger partial charge in [-0.2, -0.15) is 0 Å². The summed E-state index contributed by atoms with van der Waals surface area (Å²) >= 11 is 0. The number of hydrogen-bond donors (Lipinski definition) is 1. The van der Waals surface area contributed by atoms with E-state index in [2.05, 4.69) is 20.3 Å². The van der Waals surface area contributed by atoms with Crippen LogP contribution in [0.15, 0.2) is 55.0 Å². The summed E-state index contributed by atoms with van der Waals surface area (Å²) in [6.07, 6.45) is 5.02. The number of amides is 1. The molecule has 0 radical (unpaired) electrons. The lowest BCUT2D eigenvalue weighted by Gasteiger charge is -2.08. The van der Waals surface area contributed by atoms with E-state index in [4.69, 9.17) is 4.74 Å². The van der Waals surface area contributed by atoms with Crippen LogP contribution in [0.1, 0.15) is 12.6 Å². The Morgan fingerprint density at radius 1 is 1.00 bits per heavy atom. The van der Waals surface area contributed by atoms with Gasteiger partial charge in [-0.3, -0.25) is 14.8 Å². The lowest BCUT2D eigenvalue weighted by Crippen LogP contribution is -2.06. The molecule has 0 atom stereocenters. The molecular formula is C18H16N4O2. The first kappa shape index (κ1) is 15.6. The first-order valence-electron chi connectivity index (χ1n) is 7.41. The van der Waals surface area contributed by atoms with Gasteiger partial charge >= 0.3 is 0 Å². The maximum Gasteiger partial charge on any atom is 0.222 e. The fourth-order valence-electron chi connectivity index (χ4n) is 2.08. The fraction of sp³-hybridized carbons (Fsp3) is 0.111. The predicted molar refractivity (Wildman–Crippen MR) is 90.8 cm³/mol. The molecule has 0 aliphatic rings. The molecule has 3 aromatic heterocycles. The van der Waals surface area contributed by atoms with Crippen LogP contribution >= 0.6 is 0 Å². The van der Waals surface area contributed by atoms with Gasteiger partial charge in [0.15, 0.2) is 0 Å². The van der Waals surface area contributed by atoms with Crippen LogP contribution in [0, 0.1) is 6.92 Å². The Hall–Kier alpha value is -3.28. The number of carbonyl (C=O) groups is 1. The average Bonchev–Trinajstić information content (AvgIpc) is 2.57. The summed E-state index contributed by atoms with van der Waals surface area (Å²) in [7, 11) is 0. The van der Waals surface area contributed by atoms with Crippen molar-refractivity contribution >= 4 is 11.7 Å². The van der Waals surface area contributed by atoms with Crippen LogP contribution in [0.3, 0.4) is 0 Å². The molecule has 3 rings (SSSR count). The van der Waals surface area contributed by atoms with Gasteiger partial charge in [0.25, 0.3) is 0 Å². The normalized spacial score (nSPS) is 10.2. The van der Waals surface area contributed by atoms with Crippen LogP contribution in [0.2, 0.25) is 0 Å². The van der Waals surface area contributed by atoms with E-state index in [-0.39, 0.29) is 5.91 Å². The summed E-state index contributed by atoms with van der Waals surface area (Å²) in [6.45, 7) is 3.37. The molecule has 1 amide bonds. The number of nitrogens with one attached hydrogen (secondary N) is 1. The summed E-state index contributed by atoms with van der Waals surface area (Å²) in [5, 5.41) is 2.61. The smallest absolute Gasteiger partial charge is 0.222 e. The Bertz CT molecular complexity index is 846. The molecule has 1 N–H and O–H groups in total. The number of pyridine rings is 3. The van der Waals surface area contributed by atoms with E-state index in [9.17, 15) is 4.79 Å². The van der Waals surface area contributed by atoms with Crippen molar-refractivity contribution in [2.24, 2.45) is 0 Å². The molecule has 0 aliphatic heterocycles. The second-order valence-electron chi connectivity index (χ2n) is 5.23. The third kappa shape index (κ3) is 3.92. The molecule has 6 heteroatoms. The highest BCUT2D eigenvalue weighted by Gasteiger charge is 2.04. The molecule has 24 heavy (non-hydrogen) atoms. The van der Waals surface area contributed by atoms with E-state index in [1.54, 1.807) is 36.8 Å². The molecular weight excluding hydrogens is 304 g/mol. The lowest BCUT2D eigenvalue weighted by molar-refractivity contribution is -0.114. The average molecular weight is 320 g/mol.